The van der Waals surface area contributed by atoms with Gasteiger partial charge in [-0.05, 0) is 25.1 Å². The molecule has 0 aromatic heterocycles. The Hall–Kier alpha value is -2.74. The number of aromatic hydroxyl groups is 1. The molecule has 0 bridgehead atoms. The first-order valence-electron chi connectivity index (χ1n) is 7.59. The number of amides is 1. The second kappa shape index (κ2) is 5.72. The van der Waals surface area contributed by atoms with Gasteiger partial charge in [-0.25, -0.2) is 4.39 Å². The highest BCUT2D eigenvalue weighted by atomic mass is 19.1. The van der Waals surface area contributed by atoms with E-state index in [2.05, 4.69) is 10.6 Å². The normalized spacial score (nSPS) is 24.7. The number of hydrogen-bond acceptors (Lipinski definition) is 6. The Kier molecular flexibility index (Phi) is 3.84. The molecule has 2 heterocycles. The van der Waals surface area contributed by atoms with E-state index in [0.717, 1.165) is 6.07 Å². The molecule has 1 aromatic carbocycles. The quantitative estimate of drug-likeness (QED) is 0.510. The van der Waals surface area contributed by atoms with Crippen molar-refractivity contribution in [3.8, 4) is 5.75 Å². The molecule has 1 amide bonds. The van der Waals surface area contributed by atoms with Gasteiger partial charge in [0.2, 0.25) is 0 Å². The van der Waals surface area contributed by atoms with E-state index in [1.807, 2.05) is 11.8 Å². The van der Waals surface area contributed by atoms with E-state index in [-0.39, 0.29) is 23.0 Å². The molecule has 2 aliphatic rings. The summed E-state index contributed by atoms with van der Waals surface area (Å²) in [5, 5.41) is 15.7. The predicted octanol–water partition coefficient (Wildman–Crippen LogP) is -0.248. The number of carbonyl (C=O) groups is 1. The molecule has 0 aliphatic carbocycles. The Balaban J connectivity index is 2.05. The number of nitrogens with one attached hydrogen (secondary N) is 2. The molecule has 0 spiro atoms. The van der Waals surface area contributed by atoms with Gasteiger partial charge in [-0.1, -0.05) is 6.07 Å². The van der Waals surface area contributed by atoms with Crippen molar-refractivity contribution in [3.63, 3.8) is 0 Å². The number of carbonyl (C=O) groups excluding carboxylic acids is 1. The van der Waals surface area contributed by atoms with Crippen LogP contribution in [0.15, 0.2) is 35.8 Å². The first kappa shape index (κ1) is 16.1. The number of nitrogens with two attached hydrogens (primary N) is 2. The van der Waals surface area contributed by atoms with E-state index in [4.69, 9.17) is 11.5 Å². The van der Waals surface area contributed by atoms with E-state index in [1.54, 1.807) is 6.08 Å². The molecule has 1 aromatic rings. The van der Waals surface area contributed by atoms with Gasteiger partial charge in [0.05, 0.1) is 5.70 Å². The summed E-state index contributed by atoms with van der Waals surface area (Å²) in [5.74, 6) is -1.29. The number of nitrogens with zero attached hydrogens (tertiary/aromatic N) is 1. The Labute approximate surface area is 138 Å². The summed E-state index contributed by atoms with van der Waals surface area (Å²) in [6.45, 7) is 3.54. The van der Waals surface area contributed by atoms with E-state index in [9.17, 15) is 14.3 Å². The zero-order valence-electron chi connectivity index (χ0n) is 13.3. The number of piperazine rings is 1. The monoisotopic (exact) mass is 333 g/mol. The standard InChI is InChI=1S/C16H20FN5O2/c1-16-8-20-5-6-22(16)12(14(19)21-15(16)24)7-11(18)9-3-2-4-10(17)13(9)23/h2-4,7,20,23H,5-6,8,18-19H2,1H3,(H,21,24)/b11-7-. The molecule has 2 aliphatic heterocycles. The lowest BCUT2D eigenvalue weighted by Gasteiger charge is -2.48. The van der Waals surface area contributed by atoms with Gasteiger partial charge in [0, 0.05) is 30.9 Å². The maximum Gasteiger partial charge on any atom is 0.252 e. The van der Waals surface area contributed by atoms with Crippen LogP contribution in [0.5, 0.6) is 5.75 Å². The van der Waals surface area contributed by atoms with Crippen molar-refractivity contribution in [1.29, 1.82) is 0 Å². The van der Waals surface area contributed by atoms with Crippen molar-refractivity contribution in [2.45, 2.75) is 12.5 Å². The van der Waals surface area contributed by atoms with Crippen LogP contribution in [0.25, 0.3) is 5.70 Å². The molecule has 3 rings (SSSR count). The van der Waals surface area contributed by atoms with E-state index < -0.39 is 17.1 Å². The van der Waals surface area contributed by atoms with E-state index in [1.165, 1.54) is 12.1 Å². The highest BCUT2D eigenvalue weighted by Crippen LogP contribution is 2.31. The molecule has 24 heavy (non-hydrogen) atoms. The second-order valence-corrected chi connectivity index (χ2v) is 6.09. The lowest BCUT2D eigenvalue weighted by Crippen LogP contribution is -2.69. The number of para-hydroxylation sites is 1. The van der Waals surface area contributed by atoms with Gasteiger partial charge < -0.3 is 32.1 Å². The van der Waals surface area contributed by atoms with Crippen molar-refractivity contribution >= 4 is 11.6 Å². The molecule has 8 heteroatoms. The average Bonchev–Trinajstić information content (AvgIpc) is 2.54. The van der Waals surface area contributed by atoms with Crippen LogP contribution in [-0.2, 0) is 4.79 Å². The van der Waals surface area contributed by atoms with Crippen molar-refractivity contribution in [2.24, 2.45) is 11.5 Å². The number of phenols is 1. The molecule has 0 radical (unpaired) electrons. The molecule has 128 valence electrons. The number of rotatable bonds is 2. The first-order valence-corrected chi connectivity index (χ1v) is 7.59. The highest BCUT2D eigenvalue weighted by molar-refractivity contribution is 5.90. The van der Waals surface area contributed by atoms with Gasteiger partial charge in [-0.15, -0.1) is 0 Å². The zero-order valence-corrected chi connectivity index (χ0v) is 13.3. The molecule has 7 N–H and O–H groups in total. The number of halogens is 1. The number of fused-ring (bicyclic) bond motifs is 1. The smallest absolute Gasteiger partial charge is 0.252 e. The minimum absolute atomic E-state index is 0.155. The number of phenolic OH excluding ortho intramolecular Hbond substituents is 1. The number of allylic oxidation sites excluding steroid dienone is 1. The predicted molar refractivity (Wildman–Crippen MR) is 87.6 cm³/mol. The van der Waals surface area contributed by atoms with Gasteiger partial charge in [-0.3, -0.25) is 4.79 Å². The fraction of sp³-hybridized carbons (Fsp3) is 0.312. The Morgan fingerprint density at radius 2 is 2.25 bits per heavy atom. The average molecular weight is 333 g/mol. The minimum Gasteiger partial charge on any atom is -0.504 e. The fourth-order valence-electron chi connectivity index (χ4n) is 3.05. The third-order valence-electron chi connectivity index (χ3n) is 4.47. The van der Waals surface area contributed by atoms with Gasteiger partial charge in [-0.2, -0.15) is 0 Å². The van der Waals surface area contributed by atoms with Crippen molar-refractivity contribution < 1.29 is 14.3 Å². The fourth-order valence-corrected chi connectivity index (χ4v) is 3.05. The largest absolute Gasteiger partial charge is 0.504 e. The Morgan fingerprint density at radius 3 is 3.00 bits per heavy atom. The molecule has 1 unspecified atom stereocenters. The van der Waals surface area contributed by atoms with E-state index >= 15 is 0 Å². The summed E-state index contributed by atoms with van der Waals surface area (Å²) in [6, 6.07) is 4.12. The molecule has 0 saturated carbocycles. The molecular weight excluding hydrogens is 313 g/mol. The third kappa shape index (κ3) is 2.44. The van der Waals surface area contributed by atoms with Crippen LogP contribution in [0.4, 0.5) is 4.39 Å². The minimum atomic E-state index is -0.794. The van der Waals surface area contributed by atoms with E-state index in [0.29, 0.717) is 25.3 Å². The Bertz CT molecular complexity index is 761. The van der Waals surface area contributed by atoms with Gasteiger partial charge in [0.1, 0.15) is 11.4 Å². The van der Waals surface area contributed by atoms with Crippen LogP contribution in [0, 0.1) is 5.82 Å². The van der Waals surface area contributed by atoms with Gasteiger partial charge >= 0.3 is 0 Å². The maximum atomic E-state index is 13.5. The summed E-state index contributed by atoms with van der Waals surface area (Å²) in [5.41, 5.74) is 12.1. The van der Waals surface area contributed by atoms with Crippen molar-refractivity contribution in [2.75, 3.05) is 19.6 Å². The van der Waals surface area contributed by atoms with Gasteiger partial charge in [0.15, 0.2) is 11.6 Å². The topological polar surface area (TPSA) is 117 Å². The molecule has 1 fully saturated rings. The van der Waals surface area contributed by atoms with Crippen LogP contribution in [0.2, 0.25) is 0 Å². The van der Waals surface area contributed by atoms with Crippen molar-refractivity contribution in [1.82, 2.24) is 15.5 Å². The summed E-state index contributed by atoms with van der Waals surface area (Å²) >= 11 is 0. The summed E-state index contributed by atoms with van der Waals surface area (Å²) in [7, 11) is 0. The summed E-state index contributed by atoms with van der Waals surface area (Å²) < 4.78 is 13.5. The van der Waals surface area contributed by atoms with Crippen LogP contribution in [0.3, 0.4) is 0 Å². The lowest BCUT2D eigenvalue weighted by molar-refractivity contribution is -0.133. The maximum absolute atomic E-state index is 13.5. The lowest BCUT2D eigenvalue weighted by atomic mass is 9.92. The van der Waals surface area contributed by atoms with Gasteiger partial charge in [0.25, 0.3) is 5.91 Å². The van der Waals surface area contributed by atoms with Crippen LogP contribution >= 0.6 is 0 Å². The molecule has 1 saturated heterocycles. The first-order chi connectivity index (χ1) is 11.3. The molecular formula is C16H20FN5O2. The molecule has 1 atom stereocenters. The Morgan fingerprint density at radius 1 is 1.50 bits per heavy atom. The highest BCUT2D eigenvalue weighted by Gasteiger charge is 2.45. The van der Waals surface area contributed by atoms with Crippen molar-refractivity contribution in [3.05, 3.63) is 47.2 Å². The summed E-state index contributed by atoms with van der Waals surface area (Å²) in [4.78, 5) is 14.2. The van der Waals surface area contributed by atoms with Crippen LogP contribution < -0.4 is 22.1 Å². The number of hydrogen-bond donors (Lipinski definition) is 5. The number of benzene rings is 1. The van der Waals surface area contributed by atoms with Crippen LogP contribution in [0.1, 0.15) is 12.5 Å². The zero-order chi connectivity index (χ0) is 17.5. The SMILES string of the molecule is CC12CNCCN1C(/C=C(\N)c1cccc(F)c1O)=C(N)NC2=O. The second-order valence-electron chi connectivity index (χ2n) is 6.09. The van der Waals surface area contributed by atoms with Crippen LogP contribution in [-0.4, -0.2) is 41.1 Å². The summed E-state index contributed by atoms with van der Waals surface area (Å²) in [6.07, 6.45) is 1.55. The third-order valence-corrected chi connectivity index (χ3v) is 4.47. The molecule has 7 nitrogen and oxygen atoms in total.